The van der Waals surface area contributed by atoms with Gasteiger partial charge in [-0.2, -0.15) is 0 Å². The summed E-state index contributed by atoms with van der Waals surface area (Å²) in [6, 6.07) is 17.7. The summed E-state index contributed by atoms with van der Waals surface area (Å²) in [6.45, 7) is 10.5. The van der Waals surface area contributed by atoms with Gasteiger partial charge in [-0.1, -0.05) is 60.5 Å². The average molecular weight is 614 g/mol. The number of nitrogens with one attached hydrogen (secondary N) is 1. The van der Waals surface area contributed by atoms with Gasteiger partial charge in [-0.05, 0) is 82.5 Å². The van der Waals surface area contributed by atoms with E-state index in [1.54, 1.807) is 54.6 Å². The van der Waals surface area contributed by atoms with Gasteiger partial charge in [-0.3, -0.25) is 13.9 Å². The maximum Gasteiger partial charge on any atom is 0.264 e. The summed E-state index contributed by atoms with van der Waals surface area (Å²) in [5.74, 6) is -0.615. The molecule has 0 aliphatic rings. The second kappa shape index (κ2) is 13.6. The first-order valence-electron chi connectivity index (χ1n) is 13.8. The number of sulfonamides is 1. The number of anilines is 1. The maximum atomic E-state index is 14.3. The highest BCUT2D eigenvalue weighted by Gasteiger charge is 2.35. The van der Waals surface area contributed by atoms with Crippen LogP contribution in [0.1, 0.15) is 50.8 Å². The fourth-order valence-corrected chi connectivity index (χ4v) is 6.14. The van der Waals surface area contributed by atoms with Crippen LogP contribution >= 0.6 is 11.6 Å². The fraction of sp³-hybridized carbons (Fsp3) is 0.375. The Morgan fingerprint density at radius 2 is 1.60 bits per heavy atom. The number of methoxy groups -OCH3 is 1. The molecule has 0 unspecified atom stereocenters. The van der Waals surface area contributed by atoms with Gasteiger partial charge < -0.3 is 15.0 Å². The molecule has 0 fully saturated rings. The molecule has 1 atom stereocenters. The lowest BCUT2D eigenvalue weighted by Crippen LogP contribution is -2.55. The zero-order valence-corrected chi connectivity index (χ0v) is 26.8. The summed E-state index contributed by atoms with van der Waals surface area (Å²) < 4.78 is 34.9. The summed E-state index contributed by atoms with van der Waals surface area (Å²) >= 11 is 6.47. The van der Waals surface area contributed by atoms with Crippen molar-refractivity contribution in [3.05, 3.63) is 88.4 Å². The molecule has 0 saturated carbocycles. The Hall–Kier alpha value is -3.56. The molecular formula is C32H40ClN3O5S. The monoisotopic (exact) mass is 613 g/mol. The second-order valence-corrected chi connectivity index (χ2v) is 13.5. The van der Waals surface area contributed by atoms with E-state index in [1.165, 1.54) is 24.1 Å². The number of benzene rings is 3. The Morgan fingerprint density at radius 1 is 0.976 bits per heavy atom. The highest BCUT2D eigenvalue weighted by atomic mass is 35.5. The van der Waals surface area contributed by atoms with Crippen molar-refractivity contribution in [3.63, 3.8) is 0 Å². The average Bonchev–Trinajstić information content (AvgIpc) is 2.91. The molecule has 10 heteroatoms. The van der Waals surface area contributed by atoms with Gasteiger partial charge >= 0.3 is 0 Å². The number of carbonyl (C=O) groups is 2. The number of ether oxygens (including phenoxy) is 1. The highest BCUT2D eigenvalue weighted by Crippen LogP contribution is 2.34. The normalized spacial score (nSPS) is 12.4. The first kappa shape index (κ1) is 32.9. The van der Waals surface area contributed by atoms with Crippen molar-refractivity contribution in [2.75, 3.05) is 18.0 Å². The Morgan fingerprint density at radius 3 is 2.17 bits per heavy atom. The van der Waals surface area contributed by atoms with Crippen LogP contribution in [0.5, 0.6) is 5.75 Å². The van der Waals surface area contributed by atoms with E-state index in [0.717, 1.165) is 15.4 Å². The molecule has 3 aromatic rings. The molecule has 3 aromatic carbocycles. The lowest BCUT2D eigenvalue weighted by Gasteiger charge is -2.35. The minimum Gasteiger partial charge on any atom is -0.495 e. The summed E-state index contributed by atoms with van der Waals surface area (Å²) in [4.78, 5) is 29.2. The number of nitrogens with zero attached hydrogens (tertiary/aromatic N) is 2. The van der Waals surface area contributed by atoms with Crippen molar-refractivity contribution < 1.29 is 22.7 Å². The minimum atomic E-state index is -4.23. The molecule has 0 bridgehead atoms. The van der Waals surface area contributed by atoms with E-state index in [0.29, 0.717) is 22.8 Å². The van der Waals surface area contributed by atoms with Crippen molar-refractivity contribution >= 4 is 39.1 Å². The minimum absolute atomic E-state index is 0.0119. The van der Waals surface area contributed by atoms with Crippen molar-refractivity contribution in [2.45, 2.75) is 71.0 Å². The van der Waals surface area contributed by atoms with Crippen molar-refractivity contribution in [1.82, 2.24) is 10.2 Å². The molecule has 0 saturated heterocycles. The van der Waals surface area contributed by atoms with Gasteiger partial charge in [-0.15, -0.1) is 0 Å². The van der Waals surface area contributed by atoms with Gasteiger partial charge in [0.15, 0.2) is 0 Å². The Bertz CT molecular complexity index is 1520. The van der Waals surface area contributed by atoms with Gasteiger partial charge in [0, 0.05) is 17.1 Å². The SMILES string of the molecule is CC[C@H](C(=O)NC(C)(C)C)N(Cc1ccccc1Cl)C(=O)CN(c1cc(C)ccc1OC)S(=O)(=O)c1ccc(C)cc1. The van der Waals surface area contributed by atoms with E-state index in [1.807, 2.05) is 41.5 Å². The van der Waals surface area contributed by atoms with Crippen LogP contribution in [0, 0.1) is 13.8 Å². The lowest BCUT2D eigenvalue weighted by atomic mass is 10.1. The van der Waals surface area contributed by atoms with E-state index in [-0.39, 0.29) is 23.0 Å². The molecule has 0 aliphatic heterocycles. The van der Waals surface area contributed by atoms with Crippen LogP contribution in [0.2, 0.25) is 5.02 Å². The predicted molar refractivity (Wildman–Crippen MR) is 167 cm³/mol. The first-order chi connectivity index (χ1) is 19.7. The molecule has 0 aliphatic carbocycles. The van der Waals surface area contributed by atoms with Crippen LogP contribution in [-0.2, 0) is 26.2 Å². The molecule has 1 N–H and O–H groups in total. The molecule has 8 nitrogen and oxygen atoms in total. The number of aryl methyl sites for hydroxylation is 2. The summed E-state index contributed by atoms with van der Waals surface area (Å²) in [6.07, 6.45) is 0.302. The maximum absolute atomic E-state index is 14.3. The van der Waals surface area contributed by atoms with E-state index < -0.39 is 34.1 Å². The number of halogens is 1. The van der Waals surface area contributed by atoms with E-state index >= 15 is 0 Å². The van der Waals surface area contributed by atoms with Crippen LogP contribution in [-0.4, -0.2) is 50.4 Å². The first-order valence-corrected chi connectivity index (χ1v) is 15.6. The van der Waals surface area contributed by atoms with Gasteiger partial charge in [0.1, 0.15) is 18.3 Å². The van der Waals surface area contributed by atoms with Crippen LogP contribution in [0.25, 0.3) is 0 Å². The quantitative estimate of drug-likeness (QED) is 0.291. The van der Waals surface area contributed by atoms with Crippen LogP contribution in [0.15, 0.2) is 71.6 Å². The Balaban J connectivity index is 2.15. The Kier molecular flexibility index (Phi) is 10.7. The predicted octanol–water partition coefficient (Wildman–Crippen LogP) is 5.88. The number of rotatable bonds is 11. The van der Waals surface area contributed by atoms with Crippen LogP contribution in [0.4, 0.5) is 5.69 Å². The van der Waals surface area contributed by atoms with E-state index in [9.17, 15) is 18.0 Å². The zero-order valence-electron chi connectivity index (χ0n) is 25.3. The molecule has 226 valence electrons. The third-order valence-corrected chi connectivity index (χ3v) is 8.82. The number of amides is 2. The molecule has 3 rings (SSSR count). The van der Waals surface area contributed by atoms with Crippen molar-refractivity contribution in [1.29, 1.82) is 0 Å². The smallest absolute Gasteiger partial charge is 0.264 e. The van der Waals surface area contributed by atoms with Crippen LogP contribution in [0.3, 0.4) is 0 Å². The fourth-order valence-electron chi connectivity index (χ4n) is 4.53. The van der Waals surface area contributed by atoms with Gasteiger partial charge in [0.25, 0.3) is 10.0 Å². The standard InChI is InChI=1S/C32H40ClN3O5S/c1-8-27(31(38)34-32(4,5)6)35(20-24-11-9-10-12-26(24)33)30(37)21-36(28-19-23(3)15-18-29(28)41-7)42(39,40)25-16-13-22(2)14-17-25/h9-19,27H,8,20-21H2,1-7H3,(H,34,38)/t27-/m1/s1. The van der Waals surface area contributed by atoms with Gasteiger partial charge in [0.05, 0.1) is 17.7 Å². The zero-order chi connectivity index (χ0) is 31.2. The molecule has 42 heavy (non-hydrogen) atoms. The molecule has 0 spiro atoms. The summed E-state index contributed by atoms with van der Waals surface area (Å²) in [5.41, 5.74) is 1.99. The number of hydrogen-bond donors (Lipinski definition) is 1. The van der Waals surface area contributed by atoms with Crippen molar-refractivity contribution in [2.24, 2.45) is 0 Å². The van der Waals surface area contributed by atoms with E-state index in [2.05, 4.69) is 5.32 Å². The Labute approximate surface area is 254 Å². The summed E-state index contributed by atoms with van der Waals surface area (Å²) in [5, 5.41) is 3.40. The molecular weight excluding hydrogens is 574 g/mol. The van der Waals surface area contributed by atoms with Crippen LogP contribution < -0.4 is 14.4 Å². The van der Waals surface area contributed by atoms with Gasteiger partial charge in [-0.25, -0.2) is 8.42 Å². The largest absolute Gasteiger partial charge is 0.495 e. The summed E-state index contributed by atoms with van der Waals surface area (Å²) in [7, 11) is -2.79. The topological polar surface area (TPSA) is 96.0 Å². The third kappa shape index (κ3) is 8.04. The molecule has 0 aromatic heterocycles. The number of carbonyl (C=O) groups excluding carboxylic acids is 2. The lowest BCUT2D eigenvalue weighted by molar-refractivity contribution is -0.141. The molecule has 0 radical (unpaired) electrons. The second-order valence-electron chi connectivity index (χ2n) is 11.3. The molecule has 2 amide bonds. The van der Waals surface area contributed by atoms with Gasteiger partial charge in [0.2, 0.25) is 11.8 Å². The third-order valence-electron chi connectivity index (χ3n) is 6.67. The highest BCUT2D eigenvalue weighted by molar-refractivity contribution is 7.92. The van der Waals surface area contributed by atoms with Crippen molar-refractivity contribution in [3.8, 4) is 5.75 Å². The molecule has 0 heterocycles. The van der Waals surface area contributed by atoms with E-state index in [4.69, 9.17) is 16.3 Å². The number of hydrogen-bond acceptors (Lipinski definition) is 5.